The van der Waals surface area contributed by atoms with Crippen molar-refractivity contribution in [2.24, 2.45) is 23.9 Å². The minimum absolute atomic E-state index is 0. The van der Waals surface area contributed by atoms with Crippen molar-refractivity contribution in [3.05, 3.63) is 18.0 Å². The van der Waals surface area contributed by atoms with Gasteiger partial charge in [0, 0.05) is 53.5 Å². The highest BCUT2D eigenvalue weighted by Crippen LogP contribution is 2.20. The van der Waals surface area contributed by atoms with E-state index < -0.39 is 5.60 Å². The Balaban J connectivity index is 0.00000450. The number of halogens is 1. The SMILES string of the molecule is CN=C(NCC(C)CN(C)C(=O)OC(C)(C)C)N1CCC(Cc2cnn(C)c2)C1.I. The number of aliphatic imine (C=N–C) groups is 1. The second-order valence-electron chi connectivity index (χ2n) is 9.22. The molecule has 1 aliphatic rings. The van der Waals surface area contributed by atoms with Crippen LogP contribution < -0.4 is 5.32 Å². The molecule has 0 aromatic carbocycles. The third kappa shape index (κ3) is 8.69. The zero-order chi connectivity index (χ0) is 21.6. The Bertz CT molecular complexity index is 700. The first kappa shape index (κ1) is 26.5. The summed E-state index contributed by atoms with van der Waals surface area (Å²) in [6.45, 7) is 11.2. The molecule has 30 heavy (non-hydrogen) atoms. The molecule has 0 aliphatic carbocycles. The maximum atomic E-state index is 12.1. The van der Waals surface area contributed by atoms with Crippen LogP contribution in [-0.2, 0) is 18.2 Å². The van der Waals surface area contributed by atoms with E-state index in [1.807, 2.05) is 45.7 Å². The topological polar surface area (TPSA) is 75.0 Å². The number of nitrogens with zero attached hydrogens (tertiary/aromatic N) is 5. The van der Waals surface area contributed by atoms with Crippen molar-refractivity contribution in [3.8, 4) is 0 Å². The summed E-state index contributed by atoms with van der Waals surface area (Å²) in [6.07, 6.45) is 5.98. The van der Waals surface area contributed by atoms with Gasteiger partial charge < -0.3 is 19.9 Å². The van der Waals surface area contributed by atoms with E-state index in [0.29, 0.717) is 12.5 Å². The van der Waals surface area contributed by atoms with Crippen molar-refractivity contribution >= 4 is 36.0 Å². The molecule has 1 saturated heterocycles. The summed E-state index contributed by atoms with van der Waals surface area (Å²) in [6, 6.07) is 0. The van der Waals surface area contributed by atoms with Crippen LogP contribution in [0.2, 0.25) is 0 Å². The van der Waals surface area contributed by atoms with Gasteiger partial charge in [0.05, 0.1) is 6.20 Å². The van der Waals surface area contributed by atoms with Gasteiger partial charge >= 0.3 is 6.09 Å². The van der Waals surface area contributed by atoms with Gasteiger partial charge in [-0.15, -0.1) is 24.0 Å². The predicted molar refractivity (Wildman–Crippen MR) is 131 cm³/mol. The van der Waals surface area contributed by atoms with E-state index in [1.165, 1.54) is 5.56 Å². The molecule has 0 radical (unpaired) electrons. The number of aromatic nitrogens is 2. The van der Waals surface area contributed by atoms with E-state index in [-0.39, 0.29) is 36.0 Å². The Kier molecular flexibility index (Phi) is 10.4. The Morgan fingerprint density at radius 3 is 2.73 bits per heavy atom. The van der Waals surface area contributed by atoms with Crippen LogP contribution in [0.4, 0.5) is 4.79 Å². The van der Waals surface area contributed by atoms with Crippen LogP contribution in [0.3, 0.4) is 0 Å². The predicted octanol–water partition coefficient (Wildman–Crippen LogP) is 2.98. The summed E-state index contributed by atoms with van der Waals surface area (Å²) in [7, 11) is 5.56. The molecular weight excluding hydrogens is 495 g/mol. The van der Waals surface area contributed by atoms with Gasteiger partial charge in [-0.05, 0) is 51.0 Å². The number of guanidine groups is 1. The number of nitrogens with one attached hydrogen (secondary N) is 1. The van der Waals surface area contributed by atoms with Crippen molar-refractivity contribution in [1.82, 2.24) is 24.9 Å². The van der Waals surface area contributed by atoms with E-state index >= 15 is 0 Å². The molecule has 2 atom stereocenters. The number of ether oxygens (including phenoxy) is 1. The molecule has 2 unspecified atom stereocenters. The second kappa shape index (κ2) is 11.8. The molecule has 1 amide bonds. The van der Waals surface area contributed by atoms with Crippen LogP contribution in [0.5, 0.6) is 0 Å². The van der Waals surface area contributed by atoms with Gasteiger partial charge in [-0.2, -0.15) is 5.10 Å². The van der Waals surface area contributed by atoms with Gasteiger partial charge in [0.1, 0.15) is 5.60 Å². The highest BCUT2D eigenvalue weighted by molar-refractivity contribution is 14.0. The lowest BCUT2D eigenvalue weighted by molar-refractivity contribution is 0.0278. The first-order valence-corrected chi connectivity index (χ1v) is 10.4. The summed E-state index contributed by atoms with van der Waals surface area (Å²) in [4.78, 5) is 20.6. The monoisotopic (exact) mass is 534 g/mol. The lowest BCUT2D eigenvalue weighted by atomic mass is 10.0. The zero-order valence-corrected chi connectivity index (χ0v) is 21.8. The zero-order valence-electron chi connectivity index (χ0n) is 19.5. The van der Waals surface area contributed by atoms with Gasteiger partial charge in [0.25, 0.3) is 0 Å². The van der Waals surface area contributed by atoms with E-state index in [0.717, 1.165) is 38.4 Å². The average molecular weight is 534 g/mol. The fraction of sp³-hybridized carbons (Fsp3) is 0.762. The molecular formula is C21H39IN6O2. The van der Waals surface area contributed by atoms with Gasteiger partial charge in [-0.25, -0.2) is 4.79 Å². The van der Waals surface area contributed by atoms with Crippen molar-refractivity contribution in [2.45, 2.75) is 46.1 Å². The van der Waals surface area contributed by atoms with Gasteiger partial charge in [0.2, 0.25) is 0 Å². The lowest BCUT2D eigenvalue weighted by Gasteiger charge is -2.27. The van der Waals surface area contributed by atoms with Crippen LogP contribution in [-0.4, -0.2) is 77.5 Å². The highest BCUT2D eigenvalue weighted by atomic mass is 127. The van der Waals surface area contributed by atoms with E-state index in [1.54, 1.807) is 11.9 Å². The number of carbonyl (C=O) groups is 1. The number of carbonyl (C=O) groups excluding carboxylic acids is 1. The number of aryl methyl sites for hydroxylation is 1. The first-order valence-electron chi connectivity index (χ1n) is 10.4. The van der Waals surface area contributed by atoms with Crippen molar-refractivity contribution in [1.29, 1.82) is 0 Å². The van der Waals surface area contributed by atoms with Crippen molar-refractivity contribution in [3.63, 3.8) is 0 Å². The van der Waals surface area contributed by atoms with Gasteiger partial charge in [-0.3, -0.25) is 9.67 Å². The molecule has 2 rings (SSSR count). The maximum absolute atomic E-state index is 12.1. The largest absolute Gasteiger partial charge is 0.444 e. The molecule has 0 spiro atoms. The number of rotatable bonds is 6. The van der Waals surface area contributed by atoms with E-state index in [9.17, 15) is 4.79 Å². The normalized spacial score (nSPS) is 18.0. The molecule has 172 valence electrons. The summed E-state index contributed by atoms with van der Waals surface area (Å²) >= 11 is 0. The summed E-state index contributed by atoms with van der Waals surface area (Å²) in [5.41, 5.74) is 0.817. The summed E-state index contributed by atoms with van der Waals surface area (Å²) in [5.74, 6) is 1.83. The smallest absolute Gasteiger partial charge is 0.410 e. The fourth-order valence-electron chi connectivity index (χ4n) is 3.65. The molecule has 0 bridgehead atoms. The minimum atomic E-state index is -0.475. The van der Waals surface area contributed by atoms with Crippen molar-refractivity contribution in [2.75, 3.05) is 40.3 Å². The Morgan fingerprint density at radius 1 is 1.47 bits per heavy atom. The molecule has 1 aromatic rings. The number of hydrogen-bond acceptors (Lipinski definition) is 4. The van der Waals surface area contributed by atoms with Crippen LogP contribution in [0.25, 0.3) is 0 Å². The van der Waals surface area contributed by atoms with Gasteiger partial charge in [0.15, 0.2) is 5.96 Å². The number of hydrogen-bond donors (Lipinski definition) is 1. The molecule has 2 heterocycles. The molecule has 9 heteroatoms. The molecule has 0 saturated carbocycles. The minimum Gasteiger partial charge on any atom is -0.444 e. The molecule has 1 N–H and O–H groups in total. The second-order valence-corrected chi connectivity index (χ2v) is 9.22. The standard InChI is InChI=1S/C21H38N6O2.HI/c1-16(13-25(6)20(28)29-21(2,3)4)11-23-19(22-5)27-9-8-17(15-27)10-18-12-24-26(7)14-18;/h12,14,16-17H,8-11,13,15H2,1-7H3,(H,22,23);1H. The quantitative estimate of drug-likeness (QED) is 0.345. The number of amides is 1. The molecule has 1 aromatic heterocycles. The van der Waals surface area contributed by atoms with Crippen LogP contribution >= 0.6 is 24.0 Å². The lowest BCUT2D eigenvalue weighted by Crippen LogP contribution is -2.44. The van der Waals surface area contributed by atoms with E-state index in [4.69, 9.17) is 4.74 Å². The molecule has 1 fully saturated rings. The average Bonchev–Trinajstić information content (AvgIpc) is 3.23. The van der Waals surface area contributed by atoms with Crippen molar-refractivity contribution < 1.29 is 9.53 Å². The summed E-state index contributed by atoms with van der Waals surface area (Å²) < 4.78 is 7.28. The fourth-order valence-corrected chi connectivity index (χ4v) is 3.65. The summed E-state index contributed by atoms with van der Waals surface area (Å²) in [5, 5.41) is 7.74. The Hall–Kier alpha value is -1.52. The molecule has 8 nitrogen and oxygen atoms in total. The van der Waals surface area contributed by atoms with Gasteiger partial charge in [-0.1, -0.05) is 6.92 Å². The number of likely N-dealkylation sites (tertiary alicyclic amines) is 1. The van der Waals surface area contributed by atoms with E-state index in [2.05, 4.69) is 33.4 Å². The maximum Gasteiger partial charge on any atom is 0.410 e. The Morgan fingerprint density at radius 2 is 2.17 bits per heavy atom. The third-order valence-corrected chi connectivity index (χ3v) is 4.98. The Labute approximate surface area is 198 Å². The first-order chi connectivity index (χ1) is 13.6. The highest BCUT2D eigenvalue weighted by Gasteiger charge is 2.26. The third-order valence-electron chi connectivity index (χ3n) is 4.98. The molecule has 1 aliphatic heterocycles. The van der Waals surface area contributed by atoms with Crippen LogP contribution in [0.15, 0.2) is 17.4 Å². The van der Waals surface area contributed by atoms with Crippen LogP contribution in [0, 0.1) is 11.8 Å². The van der Waals surface area contributed by atoms with Crippen LogP contribution in [0.1, 0.15) is 39.7 Å².